The molecule has 1 aromatic rings. The lowest BCUT2D eigenvalue weighted by atomic mass is 10.3. The Morgan fingerprint density at radius 1 is 1.37 bits per heavy atom. The van der Waals surface area contributed by atoms with Crippen LogP contribution in [0.2, 0.25) is 0 Å². The normalized spacial score (nSPS) is 24.7. The summed E-state index contributed by atoms with van der Waals surface area (Å²) in [6.45, 7) is 3.78. The predicted molar refractivity (Wildman–Crippen MR) is 72.0 cm³/mol. The van der Waals surface area contributed by atoms with Gasteiger partial charge >= 0.3 is 0 Å². The maximum absolute atomic E-state index is 11.7. The molecule has 1 saturated heterocycles. The fourth-order valence-electron chi connectivity index (χ4n) is 1.99. The molecule has 0 radical (unpaired) electrons. The Morgan fingerprint density at radius 2 is 2.11 bits per heavy atom. The Labute approximate surface area is 113 Å². The second kappa shape index (κ2) is 5.48. The monoisotopic (exact) mass is 285 g/mol. The van der Waals surface area contributed by atoms with E-state index in [9.17, 15) is 8.42 Å². The van der Waals surface area contributed by atoms with Crippen LogP contribution < -0.4 is 10.1 Å². The fraction of sp³-hybridized carbons (Fsp3) is 0.538. The minimum absolute atomic E-state index is 0.184. The second-order valence-corrected chi connectivity index (χ2v) is 6.82. The Bertz CT molecular complexity index is 533. The number of benzene rings is 1. The summed E-state index contributed by atoms with van der Waals surface area (Å²) in [5.74, 6) is -0.520. The maximum atomic E-state index is 11.7. The molecule has 1 aromatic carbocycles. The van der Waals surface area contributed by atoms with E-state index in [1.54, 1.807) is 18.2 Å². The summed E-state index contributed by atoms with van der Waals surface area (Å²) in [6.07, 6.45) is 2.08. The van der Waals surface area contributed by atoms with Crippen LogP contribution >= 0.6 is 0 Å². The average Bonchev–Trinajstić information content (AvgIpc) is 2.53. The summed E-state index contributed by atoms with van der Waals surface area (Å²) >= 11 is 0. The molecule has 1 fully saturated rings. The van der Waals surface area contributed by atoms with E-state index in [0.717, 1.165) is 13.0 Å². The van der Waals surface area contributed by atoms with Gasteiger partial charge in [-0.1, -0.05) is 12.1 Å². The van der Waals surface area contributed by atoms with Crippen molar-refractivity contribution in [1.82, 2.24) is 5.32 Å². The van der Waals surface area contributed by atoms with Crippen LogP contribution in [0, 0.1) is 0 Å². The van der Waals surface area contributed by atoms with Crippen molar-refractivity contribution in [2.75, 3.05) is 26.0 Å². The summed E-state index contributed by atoms with van der Waals surface area (Å²) in [7, 11) is -3.32. The van der Waals surface area contributed by atoms with E-state index >= 15 is 0 Å². The summed E-state index contributed by atoms with van der Waals surface area (Å²) < 4.78 is 35.0. The van der Waals surface area contributed by atoms with E-state index in [0.29, 0.717) is 18.9 Å². The van der Waals surface area contributed by atoms with Gasteiger partial charge in [0.1, 0.15) is 10.6 Å². The molecule has 0 spiro atoms. The Balaban J connectivity index is 2.28. The summed E-state index contributed by atoms with van der Waals surface area (Å²) in [4.78, 5) is 0.184. The van der Waals surface area contributed by atoms with Crippen molar-refractivity contribution in [3.05, 3.63) is 24.3 Å². The molecule has 1 atom stereocenters. The summed E-state index contributed by atoms with van der Waals surface area (Å²) in [5, 5.41) is 3.22. The molecule has 1 heterocycles. The molecule has 1 N–H and O–H groups in total. The van der Waals surface area contributed by atoms with Gasteiger partial charge in [-0.3, -0.25) is 0 Å². The zero-order valence-electron chi connectivity index (χ0n) is 11.2. The highest BCUT2D eigenvalue weighted by Gasteiger charge is 2.30. The van der Waals surface area contributed by atoms with Crippen LogP contribution in [0.25, 0.3) is 0 Å². The first-order chi connectivity index (χ1) is 8.91. The molecule has 2 rings (SSSR count). The first-order valence-corrected chi connectivity index (χ1v) is 8.13. The molecule has 6 heteroatoms. The van der Waals surface area contributed by atoms with Crippen molar-refractivity contribution in [2.24, 2.45) is 0 Å². The molecule has 19 heavy (non-hydrogen) atoms. The van der Waals surface area contributed by atoms with Crippen LogP contribution in [0.1, 0.15) is 13.3 Å². The highest BCUT2D eigenvalue weighted by molar-refractivity contribution is 7.90. The lowest BCUT2D eigenvalue weighted by molar-refractivity contribution is -0.160. The highest BCUT2D eigenvalue weighted by Crippen LogP contribution is 2.28. The second-order valence-electron chi connectivity index (χ2n) is 4.83. The molecule has 0 saturated carbocycles. The van der Waals surface area contributed by atoms with Crippen LogP contribution in [0.15, 0.2) is 29.2 Å². The third-order valence-corrected chi connectivity index (χ3v) is 4.06. The van der Waals surface area contributed by atoms with Gasteiger partial charge in [-0.05, 0) is 25.1 Å². The molecule has 1 aliphatic heterocycles. The van der Waals surface area contributed by atoms with E-state index in [-0.39, 0.29) is 4.90 Å². The molecule has 0 amide bonds. The molecule has 5 nitrogen and oxygen atoms in total. The Morgan fingerprint density at radius 3 is 2.84 bits per heavy atom. The SMILES string of the molecule is CC1(Oc2ccccc2S(C)(=O)=O)CNCCCO1. The summed E-state index contributed by atoms with van der Waals surface area (Å²) in [6, 6.07) is 6.61. The van der Waals surface area contributed by atoms with E-state index in [2.05, 4.69) is 5.32 Å². The van der Waals surface area contributed by atoms with Crippen LogP contribution in [0.5, 0.6) is 5.75 Å². The minimum atomic E-state index is -3.32. The number of hydrogen-bond acceptors (Lipinski definition) is 5. The third-order valence-electron chi connectivity index (χ3n) is 2.93. The molecule has 1 aliphatic rings. The molecule has 106 valence electrons. The topological polar surface area (TPSA) is 64.6 Å². The zero-order chi connectivity index (χ0) is 13.9. The summed E-state index contributed by atoms with van der Waals surface area (Å²) in [5.41, 5.74) is 0. The van der Waals surface area contributed by atoms with Crippen molar-refractivity contribution in [3.63, 3.8) is 0 Å². The highest BCUT2D eigenvalue weighted by atomic mass is 32.2. The van der Waals surface area contributed by atoms with Gasteiger partial charge in [-0.25, -0.2) is 8.42 Å². The largest absolute Gasteiger partial charge is 0.460 e. The van der Waals surface area contributed by atoms with Gasteiger partial charge in [0.05, 0.1) is 13.2 Å². The van der Waals surface area contributed by atoms with Gasteiger partial charge in [-0.15, -0.1) is 0 Å². The van der Waals surface area contributed by atoms with Crippen molar-refractivity contribution < 1.29 is 17.9 Å². The first kappa shape index (κ1) is 14.3. The number of nitrogens with one attached hydrogen (secondary N) is 1. The number of rotatable bonds is 3. The standard InChI is InChI=1S/C13H19NO4S/c1-13(10-14-8-5-9-17-13)18-11-6-3-4-7-12(11)19(2,15)16/h3-4,6-7,14H,5,8-10H2,1-2H3. The van der Waals surface area contributed by atoms with Crippen molar-refractivity contribution in [3.8, 4) is 5.75 Å². The van der Waals surface area contributed by atoms with Crippen LogP contribution in [-0.2, 0) is 14.6 Å². The van der Waals surface area contributed by atoms with E-state index in [1.165, 1.54) is 12.3 Å². The van der Waals surface area contributed by atoms with E-state index in [1.807, 2.05) is 6.92 Å². The Kier molecular flexibility index (Phi) is 4.13. The Hall–Kier alpha value is -1.11. The lowest BCUT2D eigenvalue weighted by Gasteiger charge is -2.29. The third kappa shape index (κ3) is 3.68. The van der Waals surface area contributed by atoms with Gasteiger partial charge < -0.3 is 14.8 Å². The average molecular weight is 285 g/mol. The molecule has 0 aromatic heterocycles. The van der Waals surface area contributed by atoms with Crippen LogP contribution in [0.3, 0.4) is 0 Å². The number of para-hydroxylation sites is 1. The minimum Gasteiger partial charge on any atom is -0.460 e. The van der Waals surface area contributed by atoms with Crippen LogP contribution in [0.4, 0.5) is 0 Å². The van der Waals surface area contributed by atoms with Crippen LogP contribution in [-0.4, -0.2) is 40.2 Å². The number of ether oxygens (including phenoxy) is 2. The zero-order valence-corrected chi connectivity index (χ0v) is 12.0. The van der Waals surface area contributed by atoms with Crippen molar-refractivity contribution in [2.45, 2.75) is 24.0 Å². The molecule has 0 bridgehead atoms. The maximum Gasteiger partial charge on any atom is 0.220 e. The van der Waals surface area contributed by atoms with Gasteiger partial charge in [0.25, 0.3) is 0 Å². The lowest BCUT2D eigenvalue weighted by Crippen LogP contribution is -2.43. The van der Waals surface area contributed by atoms with E-state index in [4.69, 9.17) is 9.47 Å². The molecular weight excluding hydrogens is 266 g/mol. The van der Waals surface area contributed by atoms with Gasteiger partial charge in [0, 0.05) is 13.2 Å². The quantitative estimate of drug-likeness (QED) is 0.904. The first-order valence-electron chi connectivity index (χ1n) is 6.23. The van der Waals surface area contributed by atoms with Crippen molar-refractivity contribution in [1.29, 1.82) is 0 Å². The molecule has 1 unspecified atom stereocenters. The van der Waals surface area contributed by atoms with Gasteiger partial charge in [0.2, 0.25) is 5.79 Å². The smallest absolute Gasteiger partial charge is 0.220 e. The fourth-order valence-corrected chi connectivity index (χ4v) is 2.79. The van der Waals surface area contributed by atoms with Gasteiger partial charge in [-0.2, -0.15) is 0 Å². The van der Waals surface area contributed by atoms with E-state index < -0.39 is 15.6 Å². The number of sulfone groups is 1. The predicted octanol–water partition coefficient (Wildman–Crippen LogP) is 1.20. The van der Waals surface area contributed by atoms with Crippen molar-refractivity contribution >= 4 is 9.84 Å². The molecular formula is C13H19NO4S. The number of hydrogen-bond donors (Lipinski definition) is 1. The van der Waals surface area contributed by atoms with Gasteiger partial charge in [0.15, 0.2) is 9.84 Å². The molecule has 0 aliphatic carbocycles.